The van der Waals surface area contributed by atoms with Crippen LogP contribution in [0.1, 0.15) is 13.3 Å². The molecule has 1 fully saturated rings. The summed E-state index contributed by atoms with van der Waals surface area (Å²) in [7, 11) is 0. The van der Waals surface area contributed by atoms with Gasteiger partial charge in [-0.3, -0.25) is 4.90 Å². The minimum atomic E-state index is 0.254. The first-order valence-electron chi connectivity index (χ1n) is 7.88. The van der Waals surface area contributed by atoms with Gasteiger partial charge in [0.2, 0.25) is 0 Å². The van der Waals surface area contributed by atoms with Crippen molar-refractivity contribution in [3.8, 4) is 5.75 Å². The van der Waals surface area contributed by atoms with Crippen LogP contribution < -0.4 is 15.4 Å². The lowest BCUT2D eigenvalue weighted by molar-refractivity contribution is 0.0388. The van der Waals surface area contributed by atoms with Crippen LogP contribution in [0.5, 0.6) is 5.75 Å². The summed E-state index contributed by atoms with van der Waals surface area (Å²) < 4.78 is 11.4. The van der Waals surface area contributed by atoms with Crippen molar-refractivity contribution in [3.05, 3.63) is 18.2 Å². The molecule has 1 saturated heterocycles. The zero-order valence-corrected chi connectivity index (χ0v) is 12.8. The van der Waals surface area contributed by atoms with Crippen molar-refractivity contribution in [2.75, 3.05) is 56.6 Å². The first-order chi connectivity index (χ1) is 10.3. The second kappa shape index (κ2) is 6.54. The van der Waals surface area contributed by atoms with Crippen LogP contribution in [-0.4, -0.2) is 56.9 Å². The van der Waals surface area contributed by atoms with Crippen LogP contribution in [0.15, 0.2) is 18.2 Å². The summed E-state index contributed by atoms with van der Waals surface area (Å²) >= 11 is 0. The van der Waals surface area contributed by atoms with Gasteiger partial charge in [-0.25, -0.2) is 0 Å². The lowest BCUT2D eigenvalue weighted by Crippen LogP contribution is -2.46. The van der Waals surface area contributed by atoms with Gasteiger partial charge in [-0.2, -0.15) is 0 Å². The molecule has 116 valence electrons. The normalized spacial score (nSPS) is 22.7. The molecule has 2 N–H and O–H groups in total. The maximum absolute atomic E-state index is 6.17. The molecule has 2 aliphatic rings. The Labute approximate surface area is 126 Å². The second-order valence-electron chi connectivity index (χ2n) is 5.74. The lowest BCUT2D eigenvalue weighted by atomic mass is 10.1. The van der Waals surface area contributed by atoms with Crippen LogP contribution in [0.2, 0.25) is 0 Å². The van der Waals surface area contributed by atoms with Crippen LogP contribution >= 0.6 is 0 Å². The molecule has 1 aromatic carbocycles. The van der Waals surface area contributed by atoms with E-state index in [0.29, 0.717) is 0 Å². The number of nitrogens with two attached hydrogens (primary N) is 1. The Morgan fingerprint density at radius 1 is 1.24 bits per heavy atom. The van der Waals surface area contributed by atoms with Gasteiger partial charge in [0.15, 0.2) is 0 Å². The molecule has 0 spiro atoms. The summed E-state index contributed by atoms with van der Waals surface area (Å²) in [6, 6.07) is 5.94. The van der Waals surface area contributed by atoms with Crippen molar-refractivity contribution >= 4 is 11.4 Å². The highest BCUT2D eigenvalue weighted by atomic mass is 16.5. The summed E-state index contributed by atoms with van der Waals surface area (Å²) in [5.41, 5.74) is 8.05. The zero-order valence-electron chi connectivity index (χ0n) is 12.8. The topological polar surface area (TPSA) is 51.0 Å². The minimum absolute atomic E-state index is 0.254. The van der Waals surface area contributed by atoms with E-state index >= 15 is 0 Å². The van der Waals surface area contributed by atoms with Gasteiger partial charge in [-0.05, 0) is 18.6 Å². The number of hydrogen-bond acceptors (Lipinski definition) is 5. The van der Waals surface area contributed by atoms with Gasteiger partial charge in [0.1, 0.15) is 17.5 Å². The third-order valence-corrected chi connectivity index (χ3v) is 4.31. The van der Waals surface area contributed by atoms with E-state index in [1.165, 1.54) is 0 Å². The molecule has 0 bridgehead atoms. The van der Waals surface area contributed by atoms with Crippen LogP contribution in [-0.2, 0) is 4.74 Å². The Morgan fingerprint density at radius 3 is 2.81 bits per heavy atom. The van der Waals surface area contributed by atoms with E-state index in [0.717, 1.165) is 69.5 Å². The highest BCUT2D eigenvalue weighted by Crippen LogP contribution is 2.38. The second-order valence-corrected chi connectivity index (χ2v) is 5.74. The summed E-state index contributed by atoms with van der Waals surface area (Å²) in [4.78, 5) is 4.84. The van der Waals surface area contributed by atoms with Gasteiger partial charge < -0.3 is 20.1 Å². The number of nitrogens with zero attached hydrogens (tertiary/aromatic N) is 2. The quantitative estimate of drug-likeness (QED) is 0.854. The fourth-order valence-electron chi connectivity index (χ4n) is 3.03. The predicted octanol–water partition coefficient (Wildman–Crippen LogP) is 1.58. The SMILES string of the molecule is CCC1CN(CCN2CCOCC2)c2c(N)cccc2O1. The van der Waals surface area contributed by atoms with E-state index in [1.54, 1.807) is 0 Å². The Balaban J connectivity index is 1.71. The van der Waals surface area contributed by atoms with Crippen LogP contribution in [0.3, 0.4) is 0 Å². The molecule has 2 aliphatic heterocycles. The Bertz CT molecular complexity index is 475. The van der Waals surface area contributed by atoms with Crippen molar-refractivity contribution in [1.29, 1.82) is 0 Å². The average molecular weight is 291 g/mol. The average Bonchev–Trinajstić information content (AvgIpc) is 2.53. The molecule has 0 saturated carbocycles. The summed E-state index contributed by atoms with van der Waals surface area (Å²) in [6.45, 7) is 8.87. The van der Waals surface area contributed by atoms with E-state index < -0.39 is 0 Å². The third-order valence-electron chi connectivity index (χ3n) is 4.31. The fraction of sp³-hybridized carbons (Fsp3) is 0.625. The smallest absolute Gasteiger partial charge is 0.145 e. The monoisotopic (exact) mass is 291 g/mol. The number of anilines is 2. The maximum Gasteiger partial charge on any atom is 0.145 e. The van der Waals surface area contributed by atoms with E-state index in [9.17, 15) is 0 Å². The molecule has 0 aliphatic carbocycles. The molecule has 21 heavy (non-hydrogen) atoms. The van der Waals surface area contributed by atoms with Crippen LogP contribution in [0.25, 0.3) is 0 Å². The molecule has 0 radical (unpaired) electrons. The van der Waals surface area contributed by atoms with Gasteiger partial charge in [0.05, 0.1) is 25.4 Å². The number of benzene rings is 1. The number of ether oxygens (including phenoxy) is 2. The molecule has 5 nitrogen and oxygen atoms in total. The summed E-state index contributed by atoms with van der Waals surface area (Å²) in [5, 5.41) is 0. The van der Waals surface area contributed by atoms with Crippen molar-refractivity contribution in [2.45, 2.75) is 19.4 Å². The number of hydrogen-bond donors (Lipinski definition) is 1. The highest BCUT2D eigenvalue weighted by Gasteiger charge is 2.26. The first kappa shape index (κ1) is 14.5. The van der Waals surface area contributed by atoms with E-state index in [2.05, 4.69) is 16.7 Å². The number of rotatable bonds is 4. The Kier molecular flexibility index (Phi) is 4.51. The van der Waals surface area contributed by atoms with Crippen LogP contribution in [0, 0.1) is 0 Å². The molecular weight excluding hydrogens is 266 g/mol. The molecular formula is C16H25N3O2. The summed E-state index contributed by atoms with van der Waals surface area (Å²) in [5.74, 6) is 0.926. The Morgan fingerprint density at radius 2 is 2.05 bits per heavy atom. The fourth-order valence-corrected chi connectivity index (χ4v) is 3.03. The third kappa shape index (κ3) is 3.24. The predicted molar refractivity (Wildman–Crippen MR) is 85.0 cm³/mol. The van der Waals surface area contributed by atoms with Crippen molar-refractivity contribution in [2.24, 2.45) is 0 Å². The first-order valence-corrected chi connectivity index (χ1v) is 7.88. The van der Waals surface area contributed by atoms with E-state index in [4.69, 9.17) is 15.2 Å². The molecule has 5 heteroatoms. The molecule has 1 aromatic rings. The molecule has 1 unspecified atom stereocenters. The van der Waals surface area contributed by atoms with Crippen LogP contribution in [0.4, 0.5) is 11.4 Å². The lowest BCUT2D eigenvalue weighted by Gasteiger charge is -2.38. The molecule has 0 amide bonds. The standard InChI is InChI=1S/C16H25N3O2/c1-2-13-12-19(7-6-18-8-10-20-11-9-18)16-14(17)4-3-5-15(16)21-13/h3-5,13H,2,6-12,17H2,1H3. The molecule has 0 aromatic heterocycles. The van der Waals surface area contributed by atoms with Crippen molar-refractivity contribution in [1.82, 2.24) is 4.90 Å². The summed E-state index contributed by atoms with van der Waals surface area (Å²) in [6.07, 6.45) is 1.27. The van der Waals surface area contributed by atoms with Gasteiger partial charge in [-0.15, -0.1) is 0 Å². The van der Waals surface area contributed by atoms with Gasteiger partial charge in [0.25, 0.3) is 0 Å². The van der Waals surface area contributed by atoms with Crippen molar-refractivity contribution in [3.63, 3.8) is 0 Å². The number of nitrogen functional groups attached to an aromatic ring is 1. The largest absolute Gasteiger partial charge is 0.486 e. The van der Waals surface area contributed by atoms with Gasteiger partial charge in [-0.1, -0.05) is 13.0 Å². The van der Waals surface area contributed by atoms with E-state index in [1.807, 2.05) is 18.2 Å². The molecule has 3 rings (SSSR count). The highest BCUT2D eigenvalue weighted by molar-refractivity contribution is 5.75. The van der Waals surface area contributed by atoms with E-state index in [-0.39, 0.29) is 6.10 Å². The Hall–Kier alpha value is -1.46. The number of morpholine rings is 1. The number of para-hydroxylation sites is 1. The number of fused-ring (bicyclic) bond motifs is 1. The maximum atomic E-state index is 6.17. The van der Waals surface area contributed by atoms with Gasteiger partial charge >= 0.3 is 0 Å². The zero-order chi connectivity index (χ0) is 14.7. The minimum Gasteiger partial charge on any atom is -0.486 e. The molecule has 2 heterocycles. The van der Waals surface area contributed by atoms with Gasteiger partial charge in [0, 0.05) is 26.2 Å². The molecule has 1 atom stereocenters. The van der Waals surface area contributed by atoms with Crippen molar-refractivity contribution < 1.29 is 9.47 Å².